The predicted octanol–water partition coefficient (Wildman–Crippen LogP) is 3.92. The molecule has 0 N–H and O–H groups in total. The third-order valence-electron chi connectivity index (χ3n) is 3.63. The number of nitro benzene ring substituents is 1. The van der Waals surface area contributed by atoms with Crippen molar-refractivity contribution < 1.29 is 4.92 Å². The van der Waals surface area contributed by atoms with E-state index < -0.39 is 0 Å². The van der Waals surface area contributed by atoms with Gasteiger partial charge in [-0.25, -0.2) is 0 Å². The van der Waals surface area contributed by atoms with Crippen LogP contribution in [0, 0.1) is 10.1 Å². The van der Waals surface area contributed by atoms with Gasteiger partial charge in [-0.1, -0.05) is 28.1 Å². The van der Waals surface area contributed by atoms with Crippen LogP contribution in [0.5, 0.6) is 0 Å². The first-order valence-corrected chi connectivity index (χ1v) is 7.20. The second kappa shape index (κ2) is 5.25. The molecule has 0 saturated heterocycles. The lowest BCUT2D eigenvalue weighted by molar-refractivity contribution is -0.384. The fourth-order valence-corrected chi connectivity index (χ4v) is 3.17. The number of nitrogens with zero attached hydrogens (tertiary/aromatic N) is 2. The van der Waals surface area contributed by atoms with Crippen molar-refractivity contribution in [2.24, 2.45) is 0 Å². The quantitative estimate of drug-likeness (QED) is 0.618. The molecule has 0 fully saturated rings. The minimum absolute atomic E-state index is 0.133. The Hall–Kier alpha value is -1.88. The van der Waals surface area contributed by atoms with E-state index in [1.54, 1.807) is 12.1 Å². The lowest BCUT2D eigenvalue weighted by Gasteiger charge is -2.31. The number of fused-ring (bicyclic) bond motifs is 1. The van der Waals surface area contributed by atoms with Gasteiger partial charge < -0.3 is 4.90 Å². The Morgan fingerprint density at radius 2 is 1.90 bits per heavy atom. The van der Waals surface area contributed by atoms with Gasteiger partial charge in [0.25, 0.3) is 5.69 Å². The van der Waals surface area contributed by atoms with E-state index in [0.717, 1.165) is 25.2 Å². The van der Waals surface area contributed by atoms with Crippen molar-refractivity contribution in [1.82, 2.24) is 0 Å². The Labute approximate surface area is 125 Å². The summed E-state index contributed by atoms with van der Waals surface area (Å²) in [5.41, 5.74) is 3.84. The average molecular weight is 333 g/mol. The highest BCUT2D eigenvalue weighted by Crippen LogP contribution is 2.29. The average Bonchev–Trinajstić information content (AvgIpc) is 2.47. The molecular weight excluding hydrogens is 320 g/mol. The summed E-state index contributed by atoms with van der Waals surface area (Å²) in [5.74, 6) is 0. The number of non-ortho nitro benzene ring substituents is 1. The maximum absolute atomic E-state index is 10.7. The van der Waals surface area contributed by atoms with E-state index in [2.05, 4.69) is 33.0 Å². The maximum Gasteiger partial charge on any atom is 0.269 e. The zero-order valence-corrected chi connectivity index (χ0v) is 12.3. The summed E-state index contributed by atoms with van der Waals surface area (Å²) in [4.78, 5) is 12.6. The van der Waals surface area contributed by atoms with Crippen molar-refractivity contribution in [2.45, 2.75) is 13.0 Å². The molecule has 0 atom stereocenters. The molecule has 20 heavy (non-hydrogen) atoms. The van der Waals surface area contributed by atoms with Crippen LogP contribution in [0.2, 0.25) is 0 Å². The zero-order chi connectivity index (χ0) is 14.1. The number of hydrogen-bond acceptors (Lipinski definition) is 3. The minimum atomic E-state index is -0.369. The Kier molecular flexibility index (Phi) is 3.44. The fraction of sp³-hybridized carbons (Fsp3) is 0.200. The van der Waals surface area contributed by atoms with E-state index in [1.807, 2.05) is 18.2 Å². The molecular formula is C15H13BrN2O2. The number of hydrogen-bond donors (Lipinski definition) is 0. The van der Waals surface area contributed by atoms with Crippen molar-refractivity contribution in [3.05, 3.63) is 68.2 Å². The standard InChI is InChI=1S/C15H13BrN2O2/c16-15-3-1-2-11-10-17(9-8-14(11)15)12-4-6-13(7-5-12)18(19)20/h1-7H,8-10H2. The first-order valence-electron chi connectivity index (χ1n) is 6.41. The van der Waals surface area contributed by atoms with Gasteiger partial charge in [0, 0.05) is 35.4 Å². The summed E-state index contributed by atoms with van der Waals surface area (Å²) >= 11 is 3.59. The summed E-state index contributed by atoms with van der Waals surface area (Å²) in [6, 6.07) is 13.0. The van der Waals surface area contributed by atoms with E-state index in [9.17, 15) is 10.1 Å². The molecule has 0 aromatic heterocycles. The van der Waals surface area contributed by atoms with Crippen LogP contribution in [-0.2, 0) is 13.0 Å². The third-order valence-corrected chi connectivity index (χ3v) is 4.38. The molecule has 2 aromatic rings. The van der Waals surface area contributed by atoms with Gasteiger partial charge in [0.15, 0.2) is 0 Å². The number of rotatable bonds is 2. The van der Waals surface area contributed by atoms with Gasteiger partial charge in [0.2, 0.25) is 0 Å². The normalized spacial score (nSPS) is 13.9. The number of halogens is 1. The first kappa shape index (κ1) is 13.1. The van der Waals surface area contributed by atoms with Crippen LogP contribution in [0.15, 0.2) is 46.9 Å². The molecule has 0 aliphatic carbocycles. The molecule has 1 aliphatic rings. The smallest absolute Gasteiger partial charge is 0.269 e. The Morgan fingerprint density at radius 1 is 1.15 bits per heavy atom. The van der Waals surface area contributed by atoms with E-state index in [0.29, 0.717) is 0 Å². The Bertz CT molecular complexity index is 655. The van der Waals surface area contributed by atoms with Gasteiger partial charge in [-0.05, 0) is 35.7 Å². The maximum atomic E-state index is 10.7. The highest BCUT2D eigenvalue weighted by atomic mass is 79.9. The van der Waals surface area contributed by atoms with Crippen molar-refractivity contribution in [2.75, 3.05) is 11.4 Å². The van der Waals surface area contributed by atoms with Crippen LogP contribution < -0.4 is 4.90 Å². The van der Waals surface area contributed by atoms with Gasteiger partial charge >= 0.3 is 0 Å². The summed E-state index contributed by atoms with van der Waals surface area (Å²) in [7, 11) is 0. The van der Waals surface area contributed by atoms with Crippen LogP contribution in [0.4, 0.5) is 11.4 Å². The predicted molar refractivity (Wildman–Crippen MR) is 82.0 cm³/mol. The highest BCUT2D eigenvalue weighted by Gasteiger charge is 2.18. The van der Waals surface area contributed by atoms with Gasteiger partial charge in [-0.2, -0.15) is 0 Å². The summed E-state index contributed by atoms with van der Waals surface area (Å²) in [6.07, 6.45) is 0.980. The summed E-state index contributed by atoms with van der Waals surface area (Å²) in [5, 5.41) is 10.7. The molecule has 3 rings (SSSR count). The number of benzene rings is 2. The minimum Gasteiger partial charge on any atom is -0.367 e. The lowest BCUT2D eigenvalue weighted by Crippen LogP contribution is -2.30. The van der Waals surface area contributed by atoms with Crippen LogP contribution in [0.25, 0.3) is 0 Å². The van der Waals surface area contributed by atoms with E-state index >= 15 is 0 Å². The summed E-state index contributed by atoms with van der Waals surface area (Å²) in [6.45, 7) is 1.76. The van der Waals surface area contributed by atoms with Crippen LogP contribution in [-0.4, -0.2) is 11.5 Å². The van der Waals surface area contributed by atoms with Crippen LogP contribution in [0.1, 0.15) is 11.1 Å². The number of anilines is 1. The molecule has 4 nitrogen and oxygen atoms in total. The topological polar surface area (TPSA) is 46.4 Å². The Morgan fingerprint density at radius 3 is 2.60 bits per heavy atom. The molecule has 0 bridgehead atoms. The molecule has 2 aromatic carbocycles. The van der Waals surface area contributed by atoms with Gasteiger partial charge in [0.05, 0.1) is 4.92 Å². The van der Waals surface area contributed by atoms with Crippen LogP contribution >= 0.6 is 15.9 Å². The molecule has 0 radical (unpaired) electrons. The SMILES string of the molecule is O=[N+]([O-])c1ccc(N2CCc3c(Br)cccc3C2)cc1. The second-order valence-electron chi connectivity index (χ2n) is 4.82. The molecule has 1 aliphatic heterocycles. The van der Waals surface area contributed by atoms with E-state index in [1.165, 1.54) is 15.6 Å². The van der Waals surface area contributed by atoms with E-state index in [-0.39, 0.29) is 10.6 Å². The summed E-state index contributed by atoms with van der Waals surface area (Å²) < 4.78 is 1.17. The Balaban J connectivity index is 1.85. The molecule has 102 valence electrons. The monoisotopic (exact) mass is 332 g/mol. The molecule has 1 heterocycles. The second-order valence-corrected chi connectivity index (χ2v) is 5.68. The van der Waals surface area contributed by atoms with Gasteiger partial charge in [-0.3, -0.25) is 10.1 Å². The third kappa shape index (κ3) is 2.41. The molecule has 0 spiro atoms. The largest absolute Gasteiger partial charge is 0.367 e. The van der Waals surface area contributed by atoms with Crippen LogP contribution in [0.3, 0.4) is 0 Å². The van der Waals surface area contributed by atoms with Gasteiger partial charge in [-0.15, -0.1) is 0 Å². The molecule has 0 unspecified atom stereocenters. The van der Waals surface area contributed by atoms with Crippen molar-refractivity contribution >= 4 is 27.3 Å². The molecule has 0 amide bonds. The van der Waals surface area contributed by atoms with Crippen molar-refractivity contribution in [3.63, 3.8) is 0 Å². The first-order chi connectivity index (χ1) is 9.65. The molecule has 5 heteroatoms. The van der Waals surface area contributed by atoms with E-state index in [4.69, 9.17) is 0 Å². The van der Waals surface area contributed by atoms with Gasteiger partial charge in [0.1, 0.15) is 0 Å². The number of nitro groups is 1. The highest BCUT2D eigenvalue weighted by molar-refractivity contribution is 9.10. The zero-order valence-electron chi connectivity index (χ0n) is 10.8. The molecule has 0 saturated carbocycles. The van der Waals surface area contributed by atoms with Crippen molar-refractivity contribution in [3.8, 4) is 0 Å². The lowest BCUT2D eigenvalue weighted by atomic mass is 9.99. The van der Waals surface area contributed by atoms with Crippen molar-refractivity contribution in [1.29, 1.82) is 0 Å². The fourth-order valence-electron chi connectivity index (χ4n) is 2.57.